The largest absolute Gasteiger partial charge is 0.508 e. The molecule has 2 rings (SSSR count). The van der Waals surface area contributed by atoms with Crippen molar-refractivity contribution in [1.82, 2.24) is 0 Å². The summed E-state index contributed by atoms with van der Waals surface area (Å²) >= 11 is 0. The van der Waals surface area contributed by atoms with Crippen LogP contribution in [0.5, 0.6) is 11.5 Å². The van der Waals surface area contributed by atoms with Crippen molar-refractivity contribution in [2.75, 3.05) is 0 Å². The predicted molar refractivity (Wildman–Crippen MR) is 75.2 cm³/mol. The Morgan fingerprint density at radius 2 is 1.28 bits per heavy atom. The zero-order valence-electron chi connectivity index (χ0n) is 11.4. The summed E-state index contributed by atoms with van der Waals surface area (Å²) in [7, 11) is 0. The highest BCUT2D eigenvalue weighted by molar-refractivity contribution is 5.34. The summed E-state index contributed by atoms with van der Waals surface area (Å²) in [4.78, 5) is 0. The summed E-state index contributed by atoms with van der Waals surface area (Å²) in [5.74, 6) is 0.730. The molecule has 0 bridgehead atoms. The Labute approximate surface area is 109 Å². The lowest BCUT2D eigenvalue weighted by molar-refractivity contribution is 0.470. The predicted octanol–water partition coefficient (Wildman–Crippen LogP) is 4.02. The van der Waals surface area contributed by atoms with Crippen molar-refractivity contribution < 1.29 is 10.2 Å². The molecule has 0 aromatic heterocycles. The Bertz CT molecular complexity index is 481. The second-order valence-electron chi connectivity index (χ2n) is 4.56. The Morgan fingerprint density at radius 3 is 1.72 bits per heavy atom. The van der Waals surface area contributed by atoms with Gasteiger partial charge in [0.2, 0.25) is 0 Å². The first-order chi connectivity index (χ1) is 8.40. The number of aryl methyl sites for hydroxylation is 4. The van der Waals surface area contributed by atoms with Crippen LogP contribution in [0.4, 0.5) is 0 Å². The molecule has 2 aromatic carbocycles. The molecule has 0 heterocycles. The minimum absolute atomic E-state index is 0.345. The minimum Gasteiger partial charge on any atom is -0.508 e. The lowest BCUT2D eigenvalue weighted by Gasteiger charge is -1.97. The molecule has 0 fully saturated rings. The summed E-state index contributed by atoms with van der Waals surface area (Å²) in [5.41, 5.74) is 4.38. The van der Waals surface area contributed by atoms with Crippen molar-refractivity contribution in [2.45, 2.75) is 27.7 Å². The second kappa shape index (κ2) is 6.10. The van der Waals surface area contributed by atoms with Gasteiger partial charge in [-0.3, -0.25) is 0 Å². The van der Waals surface area contributed by atoms with Gasteiger partial charge in [-0.2, -0.15) is 0 Å². The molecule has 96 valence electrons. The number of phenols is 2. The molecule has 0 amide bonds. The van der Waals surface area contributed by atoms with Crippen molar-refractivity contribution >= 4 is 0 Å². The van der Waals surface area contributed by atoms with Gasteiger partial charge in [0.15, 0.2) is 0 Å². The fourth-order valence-electron chi connectivity index (χ4n) is 1.45. The maximum Gasteiger partial charge on any atom is 0.118 e. The first-order valence-electron chi connectivity index (χ1n) is 5.92. The molecule has 2 N–H and O–H groups in total. The van der Waals surface area contributed by atoms with Crippen molar-refractivity contribution in [3.63, 3.8) is 0 Å². The molecular weight excluding hydrogens is 224 g/mol. The number of benzene rings is 2. The molecule has 0 aliphatic rings. The van der Waals surface area contributed by atoms with Gasteiger partial charge in [-0.05, 0) is 68.1 Å². The molecule has 2 aromatic rings. The molecule has 2 heteroatoms. The average Bonchev–Trinajstić information content (AvgIpc) is 2.30. The van der Waals surface area contributed by atoms with Crippen LogP contribution in [0.3, 0.4) is 0 Å². The molecule has 0 spiro atoms. The van der Waals surface area contributed by atoms with Gasteiger partial charge in [0.05, 0.1) is 0 Å². The highest BCUT2D eigenvalue weighted by Crippen LogP contribution is 2.16. The van der Waals surface area contributed by atoms with Gasteiger partial charge in [0.25, 0.3) is 0 Å². The van der Waals surface area contributed by atoms with Crippen molar-refractivity contribution in [1.29, 1.82) is 0 Å². The van der Waals surface area contributed by atoms with Crippen LogP contribution in [-0.2, 0) is 0 Å². The van der Waals surface area contributed by atoms with E-state index in [9.17, 15) is 0 Å². The Hall–Kier alpha value is -1.96. The number of hydrogen-bond acceptors (Lipinski definition) is 2. The highest BCUT2D eigenvalue weighted by Gasteiger charge is 1.92. The Morgan fingerprint density at radius 1 is 0.667 bits per heavy atom. The third kappa shape index (κ3) is 4.13. The van der Waals surface area contributed by atoms with Gasteiger partial charge < -0.3 is 10.2 Å². The lowest BCUT2D eigenvalue weighted by Crippen LogP contribution is -1.76. The normalized spacial score (nSPS) is 9.56. The molecular formula is C16H20O2. The monoisotopic (exact) mass is 244 g/mol. The van der Waals surface area contributed by atoms with E-state index >= 15 is 0 Å². The summed E-state index contributed by atoms with van der Waals surface area (Å²) in [5, 5.41) is 18.0. The van der Waals surface area contributed by atoms with Gasteiger partial charge in [0.1, 0.15) is 11.5 Å². The smallest absolute Gasteiger partial charge is 0.118 e. The summed E-state index contributed by atoms with van der Waals surface area (Å²) in [6.07, 6.45) is 0. The van der Waals surface area contributed by atoms with E-state index in [0.29, 0.717) is 11.5 Å². The Balaban J connectivity index is 0.000000180. The topological polar surface area (TPSA) is 40.5 Å². The van der Waals surface area contributed by atoms with Crippen LogP contribution in [0.25, 0.3) is 0 Å². The zero-order chi connectivity index (χ0) is 13.7. The highest BCUT2D eigenvalue weighted by atomic mass is 16.3. The lowest BCUT2D eigenvalue weighted by atomic mass is 10.1. The van der Waals surface area contributed by atoms with E-state index in [4.69, 9.17) is 10.2 Å². The van der Waals surface area contributed by atoms with Crippen LogP contribution in [0.2, 0.25) is 0 Å². The zero-order valence-corrected chi connectivity index (χ0v) is 11.4. The van der Waals surface area contributed by atoms with E-state index in [1.165, 1.54) is 5.56 Å². The molecule has 18 heavy (non-hydrogen) atoms. The average molecular weight is 244 g/mol. The standard InChI is InChI=1S/2C8H10O/c1-6-3-4-8(9)5-7(6)2;1-6-3-4-7(2)8(9)5-6/h2*3-5,9H,1-2H3. The number of rotatable bonds is 0. The number of phenolic OH excluding ortho intramolecular Hbond substituents is 2. The van der Waals surface area contributed by atoms with Crippen LogP contribution >= 0.6 is 0 Å². The molecule has 0 unspecified atom stereocenters. The fourth-order valence-corrected chi connectivity index (χ4v) is 1.45. The van der Waals surface area contributed by atoms with Crippen LogP contribution in [-0.4, -0.2) is 10.2 Å². The molecule has 0 aliphatic heterocycles. The van der Waals surface area contributed by atoms with Gasteiger partial charge in [0, 0.05) is 0 Å². The van der Waals surface area contributed by atoms with Crippen LogP contribution in [0, 0.1) is 27.7 Å². The molecule has 0 saturated heterocycles. The molecule has 0 radical (unpaired) electrons. The second-order valence-corrected chi connectivity index (χ2v) is 4.56. The van der Waals surface area contributed by atoms with Gasteiger partial charge >= 0.3 is 0 Å². The van der Waals surface area contributed by atoms with E-state index in [1.54, 1.807) is 18.2 Å². The fraction of sp³-hybridized carbons (Fsp3) is 0.250. The van der Waals surface area contributed by atoms with Gasteiger partial charge in [-0.15, -0.1) is 0 Å². The molecule has 0 aliphatic carbocycles. The quantitative estimate of drug-likeness (QED) is 0.735. The van der Waals surface area contributed by atoms with Crippen LogP contribution < -0.4 is 0 Å². The van der Waals surface area contributed by atoms with Gasteiger partial charge in [-0.25, -0.2) is 0 Å². The maximum atomic E-state index is 9.10. The van der Waals surface area contributed by atoms with Crippen LogP contribution in [0.15, 0.2) is 36.4 Å². The van der Waals surface area contributed by atoms with E-state index in [0.717, 1.165) is 16.7 Å². The van der Waals surface area contributed by atoms with E-state index in [-0.39, 0.29) is 0 Å². The third-order valence-corrected chi connectivity index (χ3v) is 2.86. The minimum atomic E-state index is 0.345. The van der Waals surface area contributed by atoms with E-state index in [2.05, 4.69) is 0 Å². The first kappa shape index (κ1) is 14.1. The number of hydrogen-bond donors (Lipinski definition) is 2. The van der Waals surface area contributed by atoms with Crippen molar-refractivity contribution in [2.24, 2.45) is 0 Å². The SMILES string of the molecule is Cc1ccc(C)c(O)c1.Cc1ccc(O)cc1C. The third-order valence-electron chi connectivity index (χ3n) is 2.86. The molecule has 0 saturated carbocycles. The Kier molecular flexibility index (Phi) is 4.78. The summed E-state index contributed by atoms with van der Waals surface area (Å²) in [6.45, 7) is 7.85. The first-order valence-corrected chi connectivity index (χ1v) is 5.92. The van der Waals surface area contributed by atoms with E-state index in [1.807, 2.05) is 45.9 Å². The maximum absolute atomic E-state index is 9.10. The molecule has 2 nitrogen and oxygen atoms in total. The van der Waals surface area contributed by atoms with Crippen molar-refractivity contribution in [3.8, 4) is 11.5 Å². The number of aromatic hydroxyl groups is 2. The van der Waals surface area contributed by atoms with Crippen molar-refractivity contribution in [3.05, 3.63) is 58.7 Å². The summed E-state index contributed by atoms with van der Waals surface area (Å²) < 4.78 is 0. The molecule has 0 atom stereocenters. The van der Waals surface area contributed by atoms with E-state index < -0.39 is 0 Å². The summed E-state index contributed by atoms with van der Waals surface area (Å²) in [6, 6.07) is 11.0. The van der Waals surface area contributed by atoms with Gasteiger partial charge in [-0.1, -0.05) is 18.2 Å². The van der Waals surface area contributed by atoms with Crippen LogP contribution in [0.1, 0.15) is 22.3 Å².